The number of rotatable bonds is 4. The van der Waals surface area contributed by atoms with Gasteiger partial charge in [-0.25, -0.2) is 0 Å². The maximum absolute atomic E-state index is 11.6. The Morgan fingerprint density at radius 1 is 1.53 bits per heavy atom. The summed E-state index contributed by atoms with van der Waals surface area (Å²) in [5.41, 5.74) is 0. The number of carboxylic acid groups (broad SMARTS) is 1. The number of Topliss-reactive ketones (excluding diaryl/α,β-unsaturated/α-hetero) is 1. The predicted octanol–water partition coefficient (Wildman–Crippen LogP) is -0.184. The normalized spacial score (nSPS) is 28.0. The molecule has 86 valence electrons. The van der Waals surface area contributed by atoms with Crippen LogP contribution in [0.3, 0.4) is 0 Å². The molecule has 1 saturated heterocycles. The molecule has 0 aromatic carbocycles. The van der Waals surface area contributed by atoms with Crippen LogP contribution in [0.15, 0.2) is 0 Å². The van der Waals surface area contributed by atoms with Gasteiger partial charge in [0.05, 0.1) is 0 Å². The molecule has 0 saturated carbocycles. The Balaban J connectivity index is 2.76. The van der Waals surface area contributed by atoms with Crippen molar-refractivity contribution in [2.75, 3.05) is 13.1 Å². The number of aliphatic carboxylic acids is 1. The summed E-state index contributed by atoms with van der Waals surface area (Å²) in [6, 6.07) is 0.0779. The Kier molecular flexibility index (Phi) is 4.27. The second-order valence-corrected chi connectivity index (χ2v) is 4.00. The van der Waals surface area contributed by atoms with E-state index in [1.165, 1.54) is 0 Å². The van der Waals surface area contributed by atoms with Crippen molar-refractivity contribution in [2.24, 2.45) is 5.92 Å². The second-order valence-electron chi connectivity index (χ2n) is 4.00. The fourth-order valence-electron chi connectivity index (χ4n) is 2.44. The Hall–Kier alpha value is -0.900. The molecule has 4 nitrogen and oxygen atoms in total. The molecule has 2 unspecified atom stereocenters. The maximum Gasteiger partial charge on any atom is 0.139 e. The van der Waals surface area contributed by atoms with Crippen LogP contribution in [-0.2, 0) is 9.59 Å². The van der Waals surface area contributed by atoms with Crippen molar-refractivity contribution in [2.45, 2.75) is 39.2 Å². The lowest BCUT2D eigenvalue weighted by molar-refractivity contribution is -0.307. The van der Waals surface area contributed by atoms with Crippen LogP contribution in [0.25, 0.3) is 0 Å². The first-order valence-electron chi connectivity index (χ1n) is 5.56. The van der Waals surface area contributed by atoms with E-state index in [-0.39, 0.29) is 24.2 Å². The zero-order chi connectivity index (χ0) is 11.4. The highest BCUT2D eigenvalue weighted by Gasteiger charge is 2.34. The van der Waals surface area contributed by atoms with Crippen LogP contribution < -0.4 is 5.11 Å². The van der Waals surface area contributed by atoms with Crippen molar-refractivity contribution in [3.63, 3.8) is 0 Å². The van der Waals surface area contributed by atoms with Crippen LogP contribution in [0.4, 0.5) is 0 Å². The van der Waals surface area contributed by atoms with Crippen LogP contribution in [0.2, 0.25) is 0 Å². The second kappa shape index (κ2) is 5.26. The van der Waals surface area contributed by atoms with Gasteiger partial charge in [0.1, 0.15) is 5.78 Å². The van der Waals surface area contributed by atoms with E-state index in [4.69, 9.17) is 0 Å². The van der Waals surface area contributed by atoms with Crippen molar-refractivity contribution in [1.82, 2.24) is 4.90 Å². The molecule has 1 heterocycles. The third-order valence-corrected chi connectivity index (χ3v) is 3.20. The Labute approximate surface area is 90.3 Å². The largest absolute Gasteiger partial charge is 0.550 e. The lowest BCUT2D eigenvalue weighted by atomic mass is 9.84. The van der Waals surface area contributed by atoms with Crippen molar-refractivity contribution in [1.29, 1.82) is 0 Å². The van der Waals surface area contributed by atoms with Crippen molar-refractivity contribution < 1.29 is 14.7 Å². The molecular formula is C11H18NO3-. The number of nitrogens with zero attached hydrogens (tertiary/aromatic N) is 1. The van der Waals surface area contributed by atoms with E-state index < -0.39 is 5.97 Å². The van der Waals surface area contributed by atoms with Crippen LogP contribution >= 0.6 is 0 Å². The molecule has 0 aromatic heterocycles. The third-order valence-electron chi connectivity index (χ3n) is 3.20. The molecule has 1 rings (SSSR count). The molecule has 0 bridgehead atoms. The highest BCUT2D eigenvalue weighted by Crippen LogP contribution is 2.25. The monoisotopic (exact) mass is 212 g/mol. The summed E-state index contributed by atoms with van der Waals surface area (Å²) in [6.45, 7) is 5.66. The summed E-state index contributed by atoms with van der Waals surface area (Å²) >= 11 is 0. The smallest absolute Gasteiger partial charge is 0.139 e. The van der Waals surface area contributed by atoms with E-state index in [2.05, 4.69) is 4.90 Å². The first kappa shape index (κ1) is 12.2. The van der Waals surface area contributed by atoms with Gasteiger partial charge < -0.3 is 9.90 Å². The molecular weight excluding hydrogens is 194 g/mol. The standard InChI is InChI=1S/C11H19NO3/c1-3-9-8(7-11(14)15)10(13)5-6-12(9)4-2/h8-9H,3-7H2,1-2H3,(H,14,15)/p-1. The molecule has 4 heteroatoms. The average Bonchev–Trinajstić information content (AvgIpc) is 2.20. The van der Waals surface area contributed by atoms with E-state index >= 15 is 0 Å². The van der Waals surface area contributed by atoms with Crippen LogP contribution in [0.5, 0.6) is 0 Å². The number of likely N-dealkylation sites (tertiary alicyclic amines) is 1. The molecule has 0 aliphatic carbocycles. The number of carboxylic acids is 1. The molecule has 1 aliphatic heterocycles. The van der Waals surface area contributed by atoms with E-state index in [1.807, 2.05) is 13.8 Å². The molecule has 1 aliphatic rings. The number of carbonyl (C=O) groups is 2. The van der Waals surface area contributed by atoms with Gasteiger partial charge in [0.15, 0.2) is 0 Å². The van der Waals surface area contributed by atoms with Gasteiger partial charge in [-0.3, -0.25) is 9.69 Å². The molecule has 2 atom stereocenters. The summed E-state index contributed by atoms with van der Waals surface area (Å²) in [5.74, 6) is -1.41. The lowest BCUT2D eigenvalue weighted by Crippen LogP contribution is -2.50. The third kappa shape index (κ3) is 2.78. The predicted molar refractivity (Wildman–Crippen MR) is 54.1 cm³/mol. The van der Waals surface area contributed by atoms with Crippen molar-refractivity contribution in [3.05, 3.63) is 0 Å². The summed E-state index contributed by atoms with van der Waals surface area (Å²) < 4.78 is 0. The van der Waals surface area contributed by atoms with Crippen LogP contribution in [-0.4, -0.2) is 35.8 Å². The van der Waals surface area contributed by atoms with Crippen molar-refractivity contribution >= 4 is 11.8 Å². The molecule has 0 N–H and O–H groups in total. The summed E-state index contributed by atoms with van der Waals surface area (Å²) in [4.78, 5) is 24.4. The zero-order valence-corrected chi connectivity index (χ0v) is 9.36. The number of hydrogen-bond donors (Lipinski definition) is 0. The summed E-state index contributed by atoms with van der Waals surface area (Å²) in [7, 11) is 0. The van der Waals surface area contributed by atoms with E-state index in [0.29, 0.717) is 6.42 Å². The molecule has 0 spiro atoms. The van der Waals surface area contributed by atoms with Crippen LogP contribution in [0.1, 0.15) is 33.1 Å². The van der Waals surface area contributed by atoms with E-state index in [9.17, 15) is 14.7 Å². The minimum absolute atomic E-state index is 0.0779. The van der Waals surface area contributed by atoms with Crippen molar-refractivity contribution in [3.8, 4) is 0 Å². The van der Waals surface area contributed by atoms with Gasteiger partial charge in [-0.1, -0.05) is 13.8 Å². The molecule has 0 aromatic rings. The number of piperidine rings is 1. The average molecular weight is 212 g/mol. The molecule has 15 heavy (non-hydrogen) atoms. The molecule has 0 radical (unpaired) electrons. The zero-order valence-electron chi connectivity index (χ0n) is 9.36. The van der Waals surface area contributed by atoms with Gasteiger partial charge in [-0.15, -0.1) is 0 Å². The van der Waals surface area contributed by atoms with Gasteiger partial charge in [-0.2, -0.15) is 0 Å². The van der Waals surface area contributed by atoms with E-state index in [0.717, 1.165) is 19.5 Å². The maximum atomic E-state index is 11.6. The van der Waals surface area contributed by atoms with E-state index in [1.54, 1.807) is 0 Å². The van der Waals surface area contributed by atoms with Gasteiger partial charge >= 0.3 is 0 Å². The number of carbonyl (C=O) groups excluding carboxylic acids is 2. The first-order valence-corrected chi connectivity index (χ1v) is 5.56. The highest BCUT2D eigenvalue weighted by atomic mass is 16.4. The topological polar surface area (TPSA) is 60.4 Å². The van der Waals surface area contributed by atoms with Gasteiger partial charge in [0, 0.05) is 30.9 Å². The quantitative estimate of drug-likeness (QED) is 0.648. The SMILES string of the molecule is CCC1C(CC(=O)[O-])C(=O)CCN1CC. The first-order chi connectivity index (χ1) is 7.10. The fraction of sp³-hybridized carbons (Fsp3) is 0.818. The number of ketones is 1. The Bertz CT molecular complexity index is 252. The lowest BCUT2D eigenvalue weighted by Gasteiger charge is -2.39. The summed E-state index contributed by atoms with van der Waals surface area (Å²) in [5, 5.41) is 10.6. The Morgan fingerprint density at radius 3 is 2.67 bits per heavy atom. The minimum atomic E-state index is -1.12. The fourth-order valence-corrected chi connectivity index (χ4v) is 2.44. The highest BCUT2D eigenvalue weighted by molar-refractivity contribution is 5.86. The molecule has 0 amide bonds. The van der Waals surface area contributed by atoms with Gasteiger partial charge in [0.2, 0.25) is 0 Å². The van der Waals surface area contributed by atoms with Gasteiger partial charge in [-0.05, 0) is 19.4 Å². The number of hydrogen-bond acceptors (Lipinski definition) is 4. The van der Waals surface area contributed by atoms with Crippen LogP contribution in [0, 0.1) is 5.92 Å². The molecule has 1 fully saturated rings. The van der Waals surface area contributed by atoms with Gasteiger partial charge in [0.25, 0.3) is 0 Å². The summed E-state index contributed by atoms with van der Waals surface area (Å²) in [6.07, 6.45) is 1.16. The minimum Gasteiger partial charge on any atom is -0.550 e. The Morgan fingerprint density at radius 2 is 2.20 bits per heavy atom.